The van der Waals surface area contributed by atoms with Gasteiger partial charge in [0.1, 0.15) is 5.75 Å². The van der Waals surface area contributed by atoms with Crippen molar-refractivity contribution >= 4 is 5.69 Å². The Balaban J connectivity index is 2.54. The molecule has 0 spiro atoms. The van der Waals surface area contributed by atoms with E-state index in [1.807, 2.05) is 6.07 Å². The Kier molecular flexibility index (Phi) is 2.31. The van der Waals surface area contributed by atoms with Gasteiger partial charge in [0.2, 0.25) is 0 Å². The third-order valence-electron chi connectivity index (χ3n) is 2.46. The lowest BCUT2D eigenvalue weighted by atomic mass is 9.98. The minimum absolute atomic E-state index is 0.0347. The summed E-state index contributed by atoms with van der Waals surface area (Å²) in [6, 6.07) is 3.50. The van der Waals surface area contributed by atoms with Crippen molar-refractivity contribution in [3.05, 3.63) is 23.3 Å². The summed E-state index contributed by atoms with van der Waals surface area (Å²) in [5, 5.41) is 9.13. The third kappa shape index (κ3) is 1.42. The summed E-state index contributed by atoms with van der Waals surface area (Å²) >= 11 is 0. The molecular formula is C10H14N2O2. The number of rotatable bonds is 1. The van der Waals surface area contributed by atoms with Crippen LogP contribution in [0.5, 0.6) is 5.75 Å². The first-order valence-electron chi connectivity index (χ1n) is 4.64. The summed E-state index contributed by atoms with van der Waals surface area (Å²) < 4.78 is 5.48. The Morgan fingerprint density at radius 3 is 3.00 bits per heavy atom. The van der Waals surface area contributed by atoms with E-state index in [0.717, 1.165) is 17.5 Å². The highest BCUT2D eigenvalue weighted by molar-refractivity contribution is 5.54. The van der Waals surface area contributed by atoms with E-state index in [1.165, 1.54) is 0 Å². The second-order valence-corrected chi connectivity index (χ2v) is 3.50. The summed E-state index contributed by atoms with van der Waals surface area (Å²) in [6.07, 6.45) is 0.793. The van der Waals surface area contributed by atoms with Crippen LogP contribution < -0.4 is 16.2 Å². The fraction of sp³-hybridized carbons (Fsp3) is 0.400. The van der Waals surface area contributed by atoms with E-state index < -0.39 is 0 Å². The van der Waals surface area contributed by atoms with E-state index >= 15 is 0 Å². The molecule has 0 amide bonds. The van der Waals surface area contributed by atoms with Crippen molar-refractivity contribution in [3.63, 3.8) is 0 Å². The van der Waals surface area contributed by atoms with Gasteiger partial charge in [0, 0.05) is 29.3 Å². The fourth-order valence-electron chi connectivity index (χ4n) is 1.75. The minimum atomic E-state index is -0.0694. The fourth-order valence-corrected chi connectivity index (χ4v) is 1.75. The molecule has 0 aromatic heterocycles. The molecule has 1 aliphatic rings. The van der Waals surface area contributed by atoms with E-state index in [1.54, 1.807) is 6.07 Å². The molecule has 14 heavy (non-hydrogen) atoms. The Morgan fingerprint density at radius 1 is 1.50 bits per heavy atom. The molecule has 0 saturated heterocycles. The van der Waals surface area contributed by atoms with Gasteiger partial charge in [-0.15, -0.1) is 0 Å². The van der Waals surface area contributed by atoms with E-state index in [-0.39, 0.29) is 12.6 Å². The highest BCUT2D eigenvalue weighted by Gasteiger charge is 2.21. The van der Waals surface area contributed by atoms with Crippen LogP contribution >= 0.6 is 0 Å². The molecule has 5 N–H and O–H groups in total. The SMILES string of the molecule is Nc1cc(CO)c2c(c1)C(N)CCO2. The number of anilines is 1. The maximum atomic E-state index is 9.13. The first-order chi connectivity index (χ1) is 6.72. The lowest BCUT2D eigenvalue weighted by Crippen LogP contribution is -2.21. The number of hydrogen-bond donors (Lipinski definition) is 3. The summed E-state index contributed by atoms with van der Waals surface area (Å²) in [6.45, 7) is 0.533. The van der Waals surface area contributed by atoms with Crippen molar-refractivity contribution in [2.45, 2.75) is 19.1 Å². The largest absolute Gasteiger partial charge is 0.493 e. The van der Waals surface area contributed by atoms with Gasteiger partial charge in [-0.05, 0) is 12.1 Å². The zero-order valence-electron chi connectivity index (χ0n) is 7.86. The van der Waals surface area contributed by atoms with Gasteiger partial charge in [-0.25, -0.2) is 0 Å². The number of aliphatic hydroxyl groups is 1. The van der Waals surface area contributed by atoms with E-state index in [9.17, 15) is 0 Å². The predicted octanol–water partition coefficient (Wildman–Crippen LogP) is 0.543. The predicted molar refractivity (Wildman–Crippen MR) is 53.8 cm³/mol. The quantitative estimate of drug-likeness (QED) is 0.570. The second-order valence-electron chi connectivity index (χ2n) is 3.50. The van der Waals surface area contributed by atoms with Crippen LogP contribution in [0.4, 0.5) is 5.69 Å². The number of aliphatic hydroxyl groups excluding tert-OH is 1. The van der Waals surface area contributed by atoms with Gasteiger partial charge in [0.05, 0.1) is 13.2 Å². The van der Waals surface area contributed by atoms with Crippen molar-refractivity contribution in [1.29, 1.82) is 0 Å². The van der Waals surface area contributed by atoms with Crippen LogP contribution in [0.2, 0.25) is 0 Å². The maximum Gasteiger partial charge on any atom is 0.129 e. The lowest BCUT2D eigenvalue weighted by Gasteiger charge is -2.25. The number of fused-ring (bicyclic) bond motifs is 1. The standard InChI is InChI=1S/C10H14N2O2/c11-7-3-6(5-13)10-8(4-7)9(12)1-2-14-10/h3-4,9,13H,1-2,5,11-12H2. The Bertz CT molecular complexity index is 352. The van der Waals surface area contributed by atoms with Crippen LogP contribution in [0.15, 0.2) is 12.1 Å². The van der Waals surface area contributed by atoms with Crippen molar-refractivity contribution in [1.82, 2.24) is 0 Å². The Labute approximate surface area is 82.5 Å². The van der Waals surface area contributed by atoms with E-state index in [0.29, 0.717) is 18.0 Å². The molecule has 1 aromatic carbocycles. The average Bonchev–Trinajstić information content (AvgIpc) is 2.18. The van der Waals surface area contributed by atoms with Crippen LogP contribution in [-0.4, -0.2) is 11.7 Å². The molecule has 4 nitrogen and oxygen atoms in total. The van der Waals surface area contributed by atoms with Crippen LogP contribution in [-0.2, 0) is 6.61 Å². The van der Waals surface area contributed by atoms with Crippen LogP contribution in [0.3, 0.4) is 0 Å². The van der Waals surface area contributed by atoms with Crippen molar-refractivity contribution in [2.24, 2.45) is 5.73 Å². The summed E-state index contributed by atoms with van der Waals surface area (Å²) in [4.78, 5) is 0. The molecule has 1 atom stereocenters. The number of nitrogen functional groups attached to an aromatic ring is 1. The monoisotopic (exact) mass is 194 g/mol. The molecule has 0 aliphatic carbocycles. The molecule has 4 heteroatoms. The van der Waals surface area contributed by atoms with Gasteiger partial charge < -0.3 is 21.3 Å². The lowest BCUT2D eigenvalue weighted by molar-refractivity contribution is 0.242. The van der Waals surface area contributed by atoms with Gasteiger partial charge in [-0.1, -0.05) is 0 Å². The first-order valence-corrected chi connectivity index (χ1v) is 4.64. The molecule has 0 fully saturated rings. The van der Waals surface area contributed by atoms with Crippen molar-refractivity contribution in [3.8, 4) is 5.75 Å². The highest BCUT2D eigenvalue weighted by atomic mass is 16.5. The number of hydrogen-bond acceptors (Lipinski definition) is 4. The topological polar surface area (TPSA) is 81.5 Å². The molecule has 76 valence electrons. The van der Waals surface area contributed by atoms with E-state index in [4.69, 9.17) is 21.3 Å². The van der Waals surface area contributed by atoms with Crippen molar-refractivity contribution in [2.75, 3.05) is 12.3 Å². The van der Waals surface area contributed by atoms with Gasteiger partial charge in [-0.2, -0.15) is 0 Å². The molecule has 0 radical (unpaired) electrons. The van der Waals surface area contributed by atoms with Gasteiger partial charge in [0.15, 0.2) is 0 Å². The average molecular weight is 194 g/mol. The molecular weight excluding hydrogens is 180 g/mol. The molecule has 0 saturated carbocycles. The summed E-state index contributed by atoms with van der Waals surface area (Å²) in [5.41, 5.74) is 13.9. The second kappa shape index (κ2) is 3.48. The van der Waals surface area contributed by atoms with Gasteiger partial charge in [-0.3, -0.25) is 0 Å². The maximum absolute atomic E-state index is 9.13. The van der Waals surface area contributed by atoms with Crippen LogP contribution in [0, 0.1) is 0 Å². The minimum Gasteiger partial charge on any atom is -0.493 e. The van der Waals surface area contributed by atoms with Crippen molar-refractivity contribution < 1.29 is 9.84 Å². The molecule has 2 rings (SSSR count). The Morgan fingerprint density at radius 2 is 2.29 bits per heavy atom. The zero-order valence-corrected chi connectivity index (χ0v) is 7.86. The molecule has 1 aliphatic heterocycles. The normalized spacial score (nSPS) is 20.0. The molecule has 1 aromatic rings. The number of nitrogens with two attached hydrogens (primary N) is 2. The molecule has 1 heterocycles. The first kappa shape index (κ1) is 9.30. The number of ether oxygens (including phenoxy) is 1. The smallest absolute Gasteiger partial charge is 0.129 e. The molecule has 0 bridgehead atoms. The third-order valence-corrected chi connectivity index (χ3v) is 2.46. The zero-order chi connectivity index (χ0) is 10.1. The molecule has 1 unspecified atom stereocenters. The van der Waals surface area contributed by atoms with Crippen LogP contribution in [0.1, 0.15) is 23.6 Å². The Hall–Kier alpha value is -1.26. The van der Waals surface area contributed by atoms with E-state index in [2.05, 4.69) is 0 Å². The van der Waals surface area contributed by atoms with Crippen LogP contribution in [0.25, 0.3) is 0 Å². The highest BCUT2D eigenvalue weighted by Crippen LogP contribution is 2.35. The number of benzene rings is 1. The van der Waals surface area contributed by atoms with Gasteiger partial charge in [0.25, 0.3) is 0 Å². The summed E-state index contributed by atoms with van der Waals surface area (Å²) in [5.74, 6) is 0.709. The summed E-state index contributed by atoms with van der Waals surface area (Å²) in [7, 11) is 0. The van der Waals surface area contributed by atoms with Gasteiger partial charge >= 0.3 is 0 Å².